The van der Waals surface area contributed by atoms with E-state index in [1.54, 1.807) is 0 Å². The maximum Gasteiger partial charge on any atom is 0.148 e. The maximum atomic E-state index is 5.74. The van der Waals surface area contributed by atoms with Crippen LogP contribution in [0.2, 0.25) is 0 Å². The lowest BCUT2D eigenvalue weighted by atomic mass is 10.4. The molecule has 1 aromatic heterocycles. The Morgan fingerprint density at radius 1 is 1.41 bits per heavy atom. The summed E-state index contributed by atoms with van der Waals surface area (Å²) >= 11 is 3.43. The van der Waals surface area contributed by atoms with E-state index < -0.39 is 0 Å². The summed E-state index contributed by atoms with van der Waals surface area (Å²) in [5.41, 5.74) is 5.74. The first-order valence-corrected chi connectivity index (χ1v) is 6.67. The molecule has 1 fully saturated rings. The quantitative estimate of drug-likeness (QED) is 0.909. The number of likely N-dealkylation sites (N-methyl/N-ethyl adjacent to an activating group) is 1. The monoisotopic (exact) mass is 299 g/mol. The van der Waals surface area contributed by atoms with Crippen molar-refractivity contribution in [2.24, 2.45) is 0 Å². The van der Waals surface area contributed by atoms with E-state index in [1.807, 2.05) is 7.05 Å². The molecular formula is C11H18BrN5. The minimum Gasteiger partial charge on any atom is -0.383 e. The Morgan fingerprint density at radius 3 is 2.82 bits per heavy atom. The molecule has 94 valence electrons. The molecule has 0 spiro atoms. The summed E-state index contributed by atoms with van der Waals surface area (Å²) in [5, 5.41) is 0. The molecule has 0 radical (unpaired) electrons. The van der Waals surface area contributed by atoms with Gasteiger partial charge in [-0.1, -0.05) is 0 Å². The van der Waals surface area contributed by atoms with E-state index in [9.17, 15) is 0 Å². The number of hydrogen-bond acceptors (Lipinski definition) is 5. The first-order chi connectivity index (χ1) is 8.18. The summed E-state index contributed by atoms with van der Waals surface area (Å²) in [6.07, 6.45) is 4.16. The van der Waals surface area contributed by atoms with Crippen molar-refractivity contribution in [2.45, 2.75) is 12.8 Å². The van der Waals surface area contributed by atoms with Crippen LogP contribution in [0.5, 0.6) is 0 Å². The van der Waals surface area contributed by atoms with E-state index in [0.717, 1.165) is 23.4 Å². The van der Waals surface area contributed by atoms with Crippen LogP contribution in [-0.2, 0) is 0 Å². The van der Waals surface area contributed by atoms with Crippen molar-refractivity contribution in [3.05, 3.63) is 10.8 Å². The molecule has 5 nitrogen and oxygen atoms in total. The van der Waals surface area contributed by atoms with Crippen LogP contribution in [0.4, 0.5) is 11.6 Å². The van der Waals surface area contributed by atoms with Crippen molar-refractivity contribution < 1.29 is 0 Å². The second kappa shape index (κ2) is 5.64. The molecule has 0 unspecified atom stereocenters. The molecule has 0 amide bonds. The third kappa shape index (κ3) is 3.07. The highest BCUT2D eigenvalue weighted by Crippen LogP contribution is 2.26. The Hall–Kier alpha value is -0.880. The predicted octanol–water partition coefficient (Wildman–Crippen LogP) is 1.35. The molecule has 1 saturated heterocycles. The number of halogens is 1. The number of rotatable bonds is 4. The Morgan fingerprint density at radius 2 is 2.12 bits per heavy atom. The van der Waals surface area contributed by atoms with Crippen molar-refractivity contribution in [1.82, 2.24) is 14.9 Å². The fourth-order valence-electron chi connectivity index (χ4n) is 2.04. The molecule has 0 saturated carbocycles. The molecule has 2 rings (SSSR count). The number of nitrogens with two attached hydrogens (primary N) is 1. The van der Waals surface area contributed by atoms with Crippen molar-refractivity contribution in [2.75, 3.05) is 43.9 Å². The average molecular weight is 300 g/mol. The van der Waals surface area contributed by atoms with Gasteiger partial charge in [-0.3, -0.25) is 0 Å². The van der Waals surface area contributed by atoms with E-state index in [1.165, 1.54) is 32.3 Å². The van der Waals surface area contributed by atoms with Gasteiger partial charge in [0.1, 0.15) is 22.4 Å². The van der Waals surface area contributed by atoms with E-state index in [4.69, 9.17) is 5.73 Å². The molecule has 17 heavy (non-hydrogen) atoms. The second-order valence-corrected chi connectivity index (χ2v) is 5.16. The topological polar surface area (TPSA) is 58.3 Å². The standard InChI is InChI=1S/C11H18BrN5/c1-16(6-7-17-4-2-3-5-17)11-9(12)10(13)14-8-15-11/h8H,2-7H2,1H3,(H2,13,14,15). The maximum absolute atomic E-state index is 5.74. The van der Waals surface area contributed by atoms with Gasteiger partial charge in [-0.15, -0.1) is 0 Å². The van der Waals surface area contributed by atoms with E-state index in [0.29, 0.717) is 5.82 Å². The summed E-state index contributed by atoms with van der Waals surface area (Å²) < 4.78 is 0.781. The summed E-state index contributed by atoms with van der Waals surface area (Å²) in [5.74, 6) is 1.35. The number of nitrogen functional groups attached to an aromatic ring is 1. The van der Waals surface area contributed by atoms with Crippen molar-refractivity contribution in [1.29, 1.82) is 0 Å². The smallest absolute Gasteiger partial charge is 0.148 e. The third-order valence-electron chi connectivity index (χ3n) is 3.11. The SMILES string of the molecule is CN(CCN1CCCC1)c1ncnc(N)c1Br. The second-order valence-electron chi connectivity index (χ2n) is 4.37. The Balaban J connectivity index is 1.94. The molecule has 6 heteroatoms. The van der Waals surface area contributed by atoms with Crippen LogP contribution < -0.4 is 10.6 Å². The minimum absolute atomic E-state index is 0.489. The van der Waals surface area contributed by atoms with Gasteiger partial charge in [0.2, 0.25) is 0 Å². The molecule has 0 aromatic carbocycles. The Labute approximate surface area is 110 Å². The van der Waals surface area contributed by atoms with Gasteiger partial charge in [-0.2, -0.15) is 0 Å². The highest BCUT2D eigenvalue weighted by atomic mass is 79.9. The third-order valence-corrected chi connectivity index (χ3v) is 3.87. The first kappa shape index (κ1) is 12.6. The van der Waals surface area contributed by atoms with Crippen LogP contribution in [0, 0.1) is 0 Å². The predicted molar refractivity (Wildman–Crippen MR) is 73.1 cm³/mol. The van der Waals surface area contributed by atoms with Crippen molar-refractivity contribution in [3.8, 4) is 0 Å². The van der Waals surface area contributed by atoms with E-state index >= 15 is 0 Å². The zero-order valence-corrected chi connectivity index (χ0v) is 11.7. The fourth-order valence-corrected chi connectivity index (χ4v) is 2.55. The molecule has 0 aliphatic carbocycles. The van der Waals surface area contributed by atoms with Gasteiger partial charge in [0.15, 0.2) is 0 Å². The summed E-state index contributed by atoms with van der Waals surface area (Å²) in [7, 11) is 2.03. The molecule has 2 N–H and O–H groups in total. The largest absolute Gasteiger partial charge is 0.383 e. The van der Waals surface area contributed by atoms with Gasteiger partial charge in [-0.05, 0) is 41.9 Å². The van der Waals surface area contributed by atoms with Crippen molar-refractivity contribution in [3.63, 3.8) is 0 Å². The van der Waals surface area contributed by atoms with Crippen LogP contribution in [-0.4, -0.2) is 48.1 Å². The molecular weight excluding hydrogens is 282 g/mol. The fraction of sp³-hybridized carbons (Fsp3) is 0.636. The van der Waals surface area contributed by atoms with Crippen LogP contribution in [0.3, 0.4) is 0 Å². The van der Waals surface area contributed by atoms with Gasteiger partial charge in [0, 0.05) is 20.1 Å². The van der Waals surface area contributed by atoms with Gasteiger partial charge >= 0.3 is 0 Å². The van der Waals surface area contributed by atoms with Gasteiger partial charge in [0.25, 0.3) is 0 Å². The molecule has 2 heterocycles. The van der Waals surface area contributed by atoms with Crippen LogP contribution in [0.1, 0.15) is 12.8 Å². The van der Waals surface area contributed by atoms with Crippen molar-refractivity contribution >= 4 is 27.6 Å². The highest BCUT2D eigenvalue weighted by Gasteiger charge is 2.14. The Kier molecular flexibility index (Phi) is 4.17. The number of hydrogen-bond donors (Lipinski definition) is 1. The lowest BCUT2D eigenvalue weighted by Crippen LogP contribution is -2.32. The van der Waals surface area contributed by atoms with E-state index in [2.05, 4.69) is 35.7 Å². The lowest BCUT2D eigenvalue weighted by Gasteiger charge is -2.23. The zero-order valence-electron chi connectivity index (χ0n) is 10.1. The Bertz CT molecular complexity index is 378. The average Bonchev–Trinajstić information content (AvgIpc) is 2.82. The summed E-state index contributed by atoms with van der Waals surface area (Å²) in [6, 6.07) is 0. The van der Waals surface area contributed by atoms with Gasteiger partial charge in [-0.25, -0.2) is 9.97 Å². The molecule has 0 atom stereocenters. The minimum atomic E-state index is 0.489. The lowest BCUT2D eigenvalue weighted by molar-refractivity contribution is 0.346. The molecule has 1 aliphatic rings. The van der Waals surface area contributed by atoms with Crippen LogP contribution >= 0.6 is 15.9 Å². The molecule has 0 bridgehead atoms. The number of aromatic nitrogens is 2. The summed E-state index contributed by atoms with van der Waals surface area (Å²) in [6.45, 7) is 4.48. The van der Waals surface area contributed by atoms with Gasteiger partial charge in [0.05, 0.1) is 0 Å². The normalized spacial score (nSPS) is 16.4. The first-order valence-electron chi connectivity index (χ1n) is 5.88. The number of anilines is 2. The molecule has 1 aromatic rings. The number of nitrogens with zero attached hydrogens (tertiary/aromatic N) is 4. The molecule has 1 aliphatic heterocycles. The van der Waals surface area contributed by atoms with Crippen LogP contribution in [0.25, 0.3) is 0 Å². The van der Waals surface area contributed by atoms with E-state index in [-0.39, 0.29) is 0 Å². The zero-order chi connectivity index (χ0) is 12.3. The highest BCUT2D eigenvalue weighted by molar-refractivity contribution is 9.10. The van der Waals surface area contributed by atoms with Crippen LogP contribution in [0.15, 0.2) is 10.8 Å². The number of likely N-dealkylation sites (tertiary alicyclic amines) is 1. The van der Waals surface area contributed by atoms with Gasteiger partial charge < -0.3 is 15.5 Å². The summed E-state index contributed by atoms with van der Waals surface area (Å²) in [4.78, 5) is 12.8.